The number of aromatic nitrogens is 2. The van der Waals surface area contributed by atoms with Crippen LogP contribution >= 0.6 is 23.2 Å². The highest BCUT2D eigenvalue weighted by Crippen LogP contribution is 2.33. The van der Waals surface area contributed by atoms with E-state index < -0.39 is 4.92 Å². The molecule has 0 aliphatic heterocycles. The van der Waals surface area contributed by atoms with Crippen LogP contribution in [0, 0.1) is 10.1 Å². The van der Waals surface area contributed by atoms with Crippen molar-refractivity contribution in [2.45, 2.75) is 0 Å². The SMILES string of the molecule is O=[N+]([O-])c1cnc(Cl)nc1Oc1ccccc1Cl. The quantitative estimate of drug-likeness (QED) is 0.490. The van der Waals surface area contributed by atoms with Crippen LogP contribution in [0.4, 0.5) is 5.69 Å². The van der Waals surface area contributed by atoms with E-state index in [0.29, 0.717) is 5.02 Å². The molecule has 0 saturated carbocycles. The molecule has 1 aromatic heterocycles. The highest BCUT2D eigenvalue weighted by molar-refractivity contribution is 6.32. The molecule has 0 aliphatic rings. The largest absolute Gasteiger partial charge is 0.432 e. The second-order valence-electron chi connectivity index (χ2n) is 3.12. The minimum Gasteiger partial charge on any atom is -0.432 e. The summed E-state index contributed by atoms with van der Waals surface area (Å²) in [5, 5.41) is 10.9. The maximum absolute atomic E-state index is 10.8. The number of para-hydroxylation sites is 1. The minimum absolute atomic E-state index is 0.150. The van der Waals surface area contributed by atoms with Crippen LogP contribution in [0.3, 0.4) is 0 Å². The Morgan fingerprint density at radius 3 is 2.67 bits per heavy atom. The van der Waals surface area contributed by atoms with E-state index in [-0.39, 0.29) is 22.6 Å². The van der Waals surface area contributed by atoms with Crippen molar-refractivity contribution in [1.82, 2.24) is 9.97 Å². The van der Waals surface area contributed by atoms with E-state index in [2.05, 4.69) is 9.97 Å². The first-order valence-corrected chi connectivity index (χ1v) is 5.43. The summed E-state index contributed by atoms with van der Waals surface area (Å²) in [4.78, 5) is 17.3. The molecular weight excluding hydrogens is 281 g/mol. The second kappa shape index (κ2) is 5.16. The Morgan fingerprint density at radius 1 is 1.28 bits per heavy atom. The topological polar surface area (TPSA) is 78.2 Å². The summed E-state index contributed by atoms with van der Waals surface area (Å²) in [7, 11) is 0. The van der Waals surface area contributed by atoms with Gasteiger partial charge in [-0.2, -0.15) is 4.98 Å². The fraction of sp³-hybridized carbons (Fsp3) is 0. The van der Waals surface area contributed by atoms with Gasteiger partial charge < -0.3 is 4.74 Å². The average molecular weight is 286 g/mol. The predicted octanol–water partition coefficient (Wildman–Crippen LogP) is 3.48. The van der Waals surface area contributed by atoms with Crippen molar-refractivity contribution in [3.8, 4) is 11.6 Å². The number of hydrogen-bond donors (Lipinski definition) is 0. The summed E-state index contributed by atoms with van der Waals surface area (Å²) in [5.41, 5.74) is -0.390. The van der Waals surface area contributed by atoms with Crippen molar-refractivity contribution in [2.75, 3.05) is 0 Å². The number of rotatable bonds is 3. The fourth-order valence-electron chi connectivity index (χ4n) is 1.17. The highest BCUT2D eigenvalue weighted by Gasteiger charge is 2.19. The summed E-state index contributed by atoms with van der Waals surface area (Å²) in [6.07, 6.45) is 0.974. The Balaban J connectivity index is 2.42. The molecule has 0 radical (unpaired) electrons. The number of hydrogen-bond acceptors (Lipinski definition) is 5. The van der Waals surface area contributed by atoms with E-state index in [9.17, 15) is 10.1 Å². The smallest absolute Gasteiger partial charge is 0.349 e. The summed E-state index contributed by atoms with van der Waals surface area (Å²) >= 11 is 11.4. The van der Waals surface area contributed by atoms with E-state index in [0.717, 1.165) is 6.20 Å². The molecule has 1 aromatic carbocycles. The number of nitrogens with zero attached hydrogens (tertiary/aromatic N) is 3. The number of benzene rings is 1. The third-order valence-corrected chi connectivity index (χ3v) is 2.44. The maximum Gasteiger partial charge on any atom is 0.349 e. The van der Waals surface area contributed by atoms with Crippen LogP contribution < -0.4 is 4.74 Å². The van der Waals surface area contributed by atoms with Crippen molar-refractivity contribution < 1.29 is 9.66 Å². The van der Waals surface area contributed by atoms with Crippen molar-refractivity contribution in [3.63, 3.8) is 0 Å². The Morgan fingerprint density at radius 2 is 2.00 bits per heavy atom. The zero-order valence-corrected chi connectivity index (χ0v) is 10.2. The van der Waals surface area contributed by atoms with E-state index in [1.807, 2.05) is 0 Å². The first-order valence-electron chi connectivity index (χ1n) is 4.67. The van der Waals surface area contributed by atoms with Crippen LogP contribution in [0.25, 0.3) is 0 Å². The van der Waals surface area contributed by atoms with Gasteiger partial charge in [0.15, 0.2) is 0 Å². The summed E-state index contributed by atoms with van der Waals surface area (Å²) in [5.74, 6) is -0.00914. The van der Waals surface area contributed by atoms with Gasteiger partial charge in [0.2, 0.25) is 5.28 Å². The number of ether oxygens (including phenoxy) is 1. The van der Waals surface area contributed by atoms with E-state index in [1.54, 1.807) is 24.3 Å². The van der Waals surface area contributed by atoms with Crippen LogP contribution in [-0.4, -0.2) is 14.9 Å². The Bertz CT molecular complexity index is 607. The van der Waals surface area contributed by atoms with Gasteiger partial charge in [-0.25, -0.2) is 4.98 Å². The Labute approximate surface area is 111 Å². The van der Waals surface area contributed by atoms with Crippen LogP contribution in [0.1, 0.15) is 0 Å². The number of nitro groups is 1. The van der Waals surface area contributed by atoms with Gasteiger partial charge in [0, 0.05) is 0 Å². The minimum atomic E-state index is -0.664. The van der Waals surface area contributed by atoms with Gasteiger partial charge in [-0.05, 0) is 23.7 Å². The van der Waals surface area contributed by atoms with Crippen LogP contribution in [0.15, 0.2) is 30.5 Å². The van der Waals surface area contributed by atoms with Crippen LogP contribution in [0.5, 0.6) is 11.6 Å². The van der Waals surface area contributed by atoms with Gasteiger partial charge in [-0.15, -0.1) is 0 Å². The molecule has 0 saturated heterocycles. The standard InChI is InChI=1S/C10H5Cl2N3O3/c11-6-3-1-2-4-8(6)18-9-7(15(16)17)5-13-10(12)14-9/h1-5H. The molecule has 0 unspecified atom stereocenters. The predicted molar refractivity (Wildman–Crippen MR) is 65.2 cm³/mol. The lowest BCUT2D eigenvalue weighted by Gasteiger charge is -2.06. The lowest BCUT2D eigenvalue weighted by Crippen LogP contribution is -1.98. The molecule has 0 amide bonds. The molecule has 2 aromatic rings. The second-order valence-corrected chi connectivity index (χ2v) is 3.86. The zero-order valence-electron chi connectivity index (χ0n) is 8.71. The van der Waals surface area contributed by atoms with Crippen molar-refractivity contribution in [1.29, 1.82) is 0 Å². The molecule has 0 bridgehead atoms. The van der Waals surface area contributed by atoms with E-state index >= 15 is 0 Å². The zero-order chi connectivity index (χ0) is 13.1. The first kappa shape index (κ1) is 12.5. The molecule has 92 valence electrons. The molecule has 0 atom stereocenters. The lowest BCUT2D eigenvalue weighted by molar-refractivity contribution is -0.386. The average Bonchev–Trinajstić information content (AvgIpc) is 2.32. The Kier molecular flexibility index (Phi) is 3.59. The van der Waals surface area contributed by atoms with Gasteiger partial charge in [-0.3, -0.25) is 10.1 Å². The monoisotopic (exact) mass is 285 g/mol. The molecule has 0 N–H and O–H groups in total. The van der Waals surface area contributed by atoms with Gasteiger partial charge in [0.25, 0.3) is 0 Å². The third-order valence-electron chi connectivity index (χ3n) is 1.95. The molecule has 18 heavy (non-hydrogen) atoms. The van der Waals surface area contributed by atoms with Crippen molar-refractivity contribution >= 4 is 28.9 Å². The maximum atomic E-state index is 10.8. The normalized spacial score (nSPS) is 10.1. The van der Waals surface area contributed by atoms with Crippen LogP contribution in [-0.2, 0) is 0 Å². The van der Waals surface area contributed by atoms with Crippen molar-refractivity contribution in [2.24, 2.45) is 0 Å². The van der Waals surface area contributed by atoms with Gasteiger partial charge in [0.1, 0.15) is 11.9 Å². The highest BCUT2D eigenvalue weighted by atomic mass is 35.5. The third kappa shape index (κ3) is 2.66. The van der Waals surface area contributed by atoms with E-state index in [1.165, 1.54) is 0 Å². The molecule has 0 spiro atoms. The molecule has 0 aliphatic carbocycles. The van der Waals surface area contributed by atoms with Crippen LogP contribution in [0.2, 0.25) is 10.3 Å². The summed E-state index contributed by atoms with van der Waals surface area (Å²) in [6, 6.07) is 6.53. The first-order chi connectivity index (χ1) is 8.58. The molecule has 0 fully saturated rings. The van der Waals surface area contributed by atoms with Gasteiger partial charge in [0.05, 0.1) is 9.95 Å². The lowest BCUT2D eigenvalue weighted by atomic mass is 10.3. The number of halogens is 2. The fourth-order valence-corrected chi connectivity index (χ4v) is 1.47. The van der Waals surface area contributed by atoms with Gasteiger partial charge in [-0.1, -0.05) is 23.7 Å². The van der Waals surface area contributed by atoms with Gasteiger partial charge >= 0.3 is 11.6 Å². The van der Waals surface area contributed by atoms with Crippen molar-refractivity contribution in [3.05, 3.63) is 50.9 Å². The Hall–Kier alpha value is -1.92. The summed E-state index contributed by atoms with van der Waals surface area (Å²) in [6.45, 7) is 0. The molecule has 8 heteroatoms. The molecular formula is C10H5Cl2N3O3. The van der Waals surface area contributed by atoms with E-state index in [4.69, 9.17) is 27.9 Å². The molecule has 6 nitrogen and oxygen atoms in total. The molecule has 2 rings (SSSR count). The summed E-state index contributed by atoms with van der Waals surface area (Å²) < 4.78 is 5.27. The molecule has 1 heterocycles.